The maximum absolute atomic E-state index is 5.55. The second-order valence-corrected chi connectivity index (χ2v) is 10.0. The summed E-state index contributed by atoms with van der Waals surface area (Å²) in [5.41, 5.74) is 3.74. The van der Waals surface area contributed by atoms with Gasteiger partial charge in [-0.1, -0.05) is 42.5 Å². The monoisotopic (exact) mass is 486 g/mol. The molecule has 2 fully saturated rings. The van der Waals surface area contributed by atoms with Crippen LogP contribution in [-0.2, 0) is 11.3 Å². The Morgan fingerprint density at radius 1 is 1.00 bits per heavy atom. The number of hydrogen-bond donors (Lipinski definition) is 0. The third-order valence-electron chi connectivity index (χ3n) is 7.04. The van der Waals surface area contributed by atoms with Crippen molar-refractivity contribution in [2.75, 3.05) is 44.9 Å². The van der Waals surface area contributed by atoms with Crippen LogP contribution < -0.4 is 9.64 Å². The van der Waals surface area contributed by atoms with E-state index in [4.69, 9.17) is 19.4 Å². The van der Waals surface area contributed by atoms with E-state index in [1.54, 1.807) is 18.4 Å². The van der Waals surface area contributed by atoms with Crippen molar-refractivity contribution in [3.8, 4) is 16.9 Å². The molecule has 2 saturated heterocycles. The van der Waals surface area contributed by atoms with Gasteiger partial charge in [0.25, 0.3) is 0 Å². The van der Waals surface area contributed by atoms with Crippen molar-refractivity contribution in [3.05, 3.63) is 71.4 Å². The van der Waals surface area contributed by atoms with Gasteiger partial charge in [-0.2, -0.15) is 0 Å². The number of ether oxygens (including phenoxy) is 2. The van der Waals surface area contributed by atoms with Crippen molar-refractivity contribution in [2.45, 2.75) is 25.4 Å². The Labute approximate surface area is 210 Å². The highest BCUT2D eigenvalue weighted by molar-refractivity contribution is 7.17. The fourth-order valence-electron chi connectivity index (χ4n) is 5.23. The third kappa shape index (κ3) is 4.51. The molecule has 2 aromatic carbocycles. The molecule has 6 rings (SSSR count). The average molecular weight is 487 g/mol. The summed E-state index contributed by atoms with van der Waals surface area (Å²) in [6.07, 6.45) is 2.26. The zero-order chi connectivity index (χ0) is 23.6. The summed E-state index contributed by atoms with van der Waals surface area (Å²) in [5, 5.41) is 3.42. The van der Waals surface area contributed by atoms with Gasteiger partial charge in [0.2, 0.25) is 0 Å². The van der Waals surface area contributed by atoms with E-state index in [1.165, 1.54) is 22.1 Å². The van der Waals surface area contributed by atoms with Crippen LogP contribution in [0, 0.1) is 0 Å². The van der Waals surface area contributed by atoms with E-state index in [2.05, 4.69) is 69.8 Å². The molecular weight excluding hydrogens is 456 g/mol. The van der Waals surface area contributed by atoms with Crippen LogP contribution in [-0.4, -0.2) is 54.8 Å². The standard InChI is InChI=1S/C28H30N4O2S/c1-33-22-11-9-21(10-12-22)24-8-5-13-32(24)27-26-23(20-6-3-2-4-7-20)19-35-28(26)30-25(29-27)18-31-14-16-34-17-15-31/h2-4,6-7,9-12,19,24H,5,8,13-18H2,1H3. The molecule has 1 atom stereocenters. The number of morpholine rings is 1. The number of aromatic nitrogens is 2. The molecule has 0 bridgehead atoms. The van der Waals surface area contributed by atoms with E-state index in [0.29, 0.717) is 6.04 Å². The second-order valence-electron chi connectivity index (χ2n) is 9.17. The van der Waals surface area contributed by atoms with Crippen molar-refractivity contribution in [3.63, 3.8) is 0 Å². The SMILES string of the molecule is COc1ccc(C2CCCN2c2nc(CN3CCOCC3)nc3scc(-c4ccccc4)c23)cc1. The van der Waals surface area contributed by atoms with Gasteiger partial charge in [-0.15, -0.1) is 11.3 Å². The first-order valence-corrected chi connectivity index (χ1v) is 13.2. The van der Waals surface area contributed by atoms with Crippen LogP contribution in [0.15, 0.2) is 60.0 Å². The molecule has 2 aromatic heterocycles. The Bertz CT molecular complexity index is 1290. The first-order chi connectivity index (χ1) is 17.3. The molecule has 1 unspecified atom stereocenters. The molecule has 6 nitrogen and oxygen atoms in total. The van der Waals surface area contributed by atoms with Gasteiger partial charge in [-0.25, -0.2) is 9.97 Å². The molecule has 0 amide bonds. The first kappa shape index (κ1) is 22.5. The minimum absolute atomic E-state index is 0.291. The summed E-state index contributed by atoms with van der Waals surface area (Å²) in [7, 11) is 1.71. The van der Waals surface area contributed by atoms with Crippen molar-refractivity contribution >= 4 is 27.4 Å². The number of nitrogens with zero attached hydrogens (tertiary/aromatic N) is 4. The summed E-state index contributed by atoms with van der Waals surface area (Å²) < 4.78 is 10.9. The molecule has 0 aliphatic carbocycles. The smallest absolute Gasteiger partial charge is 0.146 e. The van der Waals surface area contributed by atoms with Gasteiger partial charge in [0.15, 0.2) is 0 Å². The lowest BCUT2D eigenvalue weighted by Crippen LogP contribution is -2.36. The summed E-state index contributed by atoms with van der Waals surface area (Å²) >= 11 is 1.72. The normalized spacial score (nSPS) is 18.9. The van der Waals surface area contributed by atoms with E-state index >= 15 is 0 Å². The van der Waals surface area contributed by atoms with Gasteiger partial charge < -0.3 is 14.4 Å². The number of rotatable bonds is 6. The molecule has 4 aromatic rings. The first-order valence-electron chi connectivity index (χ1n) is 12.3. The minimum Gasteiger partial charge on any atom is -0.497 e. The fraction of sp³-hybridized carbons (Fsp3) is 0.357. The van der Waals surface area contributed by atoms with Crippen LogP contribution in [0.2, 0.25) is 0 Å². The average Bonchev–Trinajstić information content (AvgIpc) is 3.57. The zero-order valence-electron chi connectivity index (χ0n) is 20.0. The number of anilines is 1. The number of thiophene rings is 1. The Kier molecular flexibility index (Phi) is 6.37. The lowest BCUT2D eigenvalue weighted by atomic mass is 10.0. The maximum Gasteiger partial charge on any atom is 0.146 e. The number of benzene rings is 2. The molecule has 0 radical (unpaired) electrons. The second kappa shape index (κ2) is 9.93. The van der Waals surface area contributed by atoms with Crippen molar-refractivity contribution in [1.29, 1.82) is 0 Å². The van der Waals surface area contributed by atoms with Gasteiger partial charge in [-0.3, -0.25) is 4.90 Å². The van der Waals surface area contributed by atoms with Crippen LogP contribution in [0.1, 0.15) is 30.3 Å². The molecule has 0 spiro atoms. The Morgan fingerprint density at radius 2 is 1.80 bits per heavy atom. The largest absolute Gasteiger partial charge is 0.497 e. The lowest BCUT2D eigenvalue weighted by molar-refractivity contribution is 0.0331. The predicted octanol–water partition coefficient (Wildman–Crippen LogP) is 5.54. The topological polar surface area (TPSA) is 50.7 Å². The molecule has 0 N–H and O–H groups in total. The molecule has 2 aliphatic rings. The summed E-state index contributed by atoms with van der Waals surface area (Å²) in [4.78, 5) is 16.3. The molecular formula is C28H30N4O2S. The quantitative estimate of drug-likeness (QED) is 0.357. The third-order valence-corrected chi connectivity index (χ3v) is 7.91. The number of fused-ring (bicyclic) bond motifs is 1. The van der Waals surface area contributed by atoms with Crippen LogP contribution in [0.4, 0.5) is 5.82 Å². The van der Waals surface area contributed by atoms with E-state index < -0.39 is 0 Å². The number of hydrogen-bond acceptors (Lipinski definition) is 7. The van der Waals surface area contributed by atoms with Crippen LogP contribution in [0.5, 0.6) is 5.75 Å². The fourth-order valence-corrected chi connectivity index (χ4v) is 6.19. The molecule has 0 saturated carbocycles. The highest BCUT2D eigenvalue weighted by Gasteiger charge is 2.30. The predicted molar refractivity (Wildman–Crippen MR) is 141 cm³/mol. The van der Waals surface area contributed by atoms with Gasteiger partial charge >= 0.3 is 0 Å². The Balaban J connectivity index is 1.45. The summed E-state index contributed by atoms with van der Waals surface area (Å²) in [6, 6.07) is 19.4. The van der Waals surface area contributed by atoms with Crippen LogP contribution in [0.3, 0.4) is 0 Å². The van der Waals surface area contributed by atoms with Crippen molar-refractivity contribution < 1.29 is 9.47 Å². The minimum atomic E-state index is 0.291. The molecule has 2 aliphatic heterocycles. The molecule has 4 heterocycles. The van der Waals surface area contributed by atoms with Crippen LogP contribution >= 0.6 is 11.3 Å². The number of methoxy groups -OCH3 is 1. The van der Waals surface area contributed by atoms with Gasteiger partial charge in [-0.05, 0) is 36.1 Å². The maximum atomic E-state index is 5.55. The molecule has 35 heavy (non-hydrogen) atoms. The van der Waals surface area contributed by atoms with Crippen molar-refractivity contribution in [2.24, 2.45) is 0 Å². The zero-order valence-corrected chi connectivity index (χ0v) is 20.8. The van der Waals surface area contributed by atoms with Crippen LogP contribution in [0.25, 0.3) is 21.3 Å². The van der Waals surface area contributed by atoms with E-state index in [9.17, 15) is 0 Å². The highest BCUT2D eigenvalue weighted by atomic mass is 32.1. The highest BCUT2D eigenvalue weighted by Crippen LogP contribution is 2.43. The molecule has 180 valence electrons. The van der Waals surface area contributed by atoms with E-state index in [0.717, 1.165) is 74.5 Å². The Hall–Kier alpha value is -3.00. The van der Waals surface area contributed by atoms with Gasteiger partial charge in [0.05, 0.1) is 38.3 Å². The van der Waals surface area contributed by atoms with Gasteiger partial charge in [0.1, 0.15) is 22.2 Å². The summed E-state index contributed by atoms with van der Waals surface area (Å²) in [6.45, 7) is 5.15. The summed E-state index contributed by atoms with van der Waals surface area (Å²) in [5.74, 6) is 2.85. The van der Waals surface area contributed by atoms with E-state index in [-0.39, 0.29) is 0 Å². The van der Waals surface area contributed by atoms with Gasteiger partial charge in [0, 0.05) is 30.6 Å². The van der Waals surface area contributed by atoms with E-state index in [1.807, 2.05) is 0 Å². The van der Waals surface area contributed by atoms with Crippen molar-refractivity contribution in [1.82, 2.24) is 14.9 Å². The Morgan fingerprint density at radius 3 is 2.57 bits per heavy atom. The lowest BCUT2D eigenvalue weighted by Gasteiger charge is -2.29. The molecule has 7 heteroatoms.